The molecule has 3 rings (SSSR count). The fraction of sp³-hybridized carbons (Fsp3) is 0.182. The lowest BCUT2D eigenvalue weighted by atomic mass is 10.2. The molecule has 3 aromatic carbocycles. The van der Waals surface area contributed by atoms with Crippen molar-refractivity contribution in [3.05, 3.63) is 87.8 Å². The van der Waals surface area contributed by atoms with Crippen LogP contribution in [0.1, 0.15) is 20.8 Å². The molecule has 4 heteroatoms. The first-order valence-electron chi connectivity index (χ1n) is 8.59. The van der Waals surface area contributed by atoms with Crippen molar-refractivity contribution in [3.8, 4) is 5.75 Å². The van der Waals surface area contributed by atoms with E-state index in [0.29, 0.717) is 0 Å². The second kappa shape index (κ2) is 7.71. The zero-order valence-corrected chi connectivity index (χ0v) is 19.3. The summed E-state index contributed by atoms with van der Waals surface area (Å²) in [5.74, 6) is 0.876. The lowest BCUT2D eigenvalue weighted by Crippen LogP contribution is -2.68. The Hall–Kier alpha value is -1.36. The Bertz CT molecular complexity index is 814. The highest BCUT2D eigenvalue weighted by molar-refractivity contribution is 9.11. The van der Waals surface area contributed by atoms with Crippen LogP contribution >= 0.6 is 31.9 Å². The molecule has 0 bridgehead atoms. The molecule has 0 aliphatic carbocycles. The molecule has 0 saturated carbocycles. The maximum Gasteiger partial charge on any atom is 0.319 e. The van der Waals surface area contributed by atoms with Crippen LogP contribution in [0.3, 0.4) is 0 Å². The van der Waals surface area contributed by atoms with Crippen LogP contribution in [0.15, 0.2) is 87.8 Å². The van der Waals surface area contributed by atoms with E-state index < -0.39 is 8.32 Å². The molecule has 0 N–H and O–H groups in total. The summed E-state index contributed by atoms with van der Waals surface area (Å²) in [7, 11) is -2.58. The molecule has 0 aromatic heterocycles. The molecule has 0 aliphatic heterocycles. The third-order valence-electron chi connectivity index (χ3n) is 4.52. The van der Waals surface area contributed by atoms with Gasteiger partial charge in [-0.3, -0.25) is 0 Å². The monoisotopic (exact) mass is 488 g/mol. The molecular weight excluding hydrogens is 468 g/mol. The van der Waals surface area contributed by atoms with Crippen molar-refractivity contribution in [2.24, 2.45) is 0 Å². The molecule has 0 fully saturated rings. The molecule has 0 radical (unpaired) electrons. The molecule has 134 valence electrons. The van der Waals surface area contributed by atoms with Gasteiger partial charge in [0, 0.05) is 8.95 Å². The highest BCUT2D eigenvalue weighted by Gasteiger charge is 2.52. The van der Waals surface area contributed by atoms with Crippen molar-refractivity contribution < 1.29 is 4.43 Å². The van der Waals surface area contributed by atoms with Crippen molar-refractivity contribution in [1.29, 1.82) is 0 Å². The van der Waals surface area contributed by atoms with Gasteiger partial charge in [0.1, 0.15) is 5.75 Å². The fourth-order valence-electron chi connectivity index (χ4n) is 3.41. The summed E-state index contributed by atoms with van der Waals surface area (Å²) in [6, 6.07) is 27.5. The van der Waals surface area contributed by atoms with E-state index in [-0.39, 0.29) is 5.04 Å². The summed E-state index contributed by atoms with van der Waals surface area (Å²) in [5.41, 5.74) is 0. The van der Waals surface area contributed by atoms with Gasteiger partial charge in [0.2, 0.25) is 0 Å². The number of hydrogen-bond donors (Lipinski definition) is 0. The molecule has 0 atom stereocenters. The largest absolute Gasteiger partial charge is 0.534 e. The highest BCUT2D eigenvalue weighted by Crippen LogP contribution is 2.38. The molecule has 1 nitrogen and oxygen atoms in total. The third kappa shape index (κ3) is 3.82. The lowest BCUT2D eigenvalue weighted by molar-refractivity contribution is 0.507. The van der Waals surface area contributed by atoms with Gasteiger partial charge in [0.25, 0.3) is 0 Å². The molecule has 0 aliphatic rings. The van der Waals surface area contributed by atoms with Gasteiger partial charge in [0.15, 0.2) is 0 Å². The minimum Gasteiger partial charge on any atom is -0.534 e. The number of rotatable bonds is 4. The van der Waals surface area contributed by atoms with E-state index in [1.807, 2.05) is 18.2 Å². The summed E-state index contributed by atoms with van der Waals surface area (Å²) >= 11 is 7.18. The van der Waals surface area contributed by atoms with E-state index in [2.05, 4.69) is 113 Å². The summed E-state index contributed by atoms with van der Waals surface area (Å²) < 4.78 is 8.98. The van der Waals surface area contributed by atoms with E-state index in [1.54, 1.807) is 0 Å². The Kier molecular flexibility index (Phi) is 5.75. The maximum atomic E-state index is 6.98. The first kappa shape index (κ1) is 19.4. The smallest absolute Gasteiger partial charge is 0.319 e. The van der Waals surface area contributed by atoms with Gasteiger partial charge < -0.3 is 4.43 Å². The van der Waals surface area contributed by atoms with Crippen LogP contribution in [0, 0.1) is 0 Å². The molecule has 26 heavy (non-hydrogen) atoms. The molecule has 0 heterocycles. The fourth-order valence-corrected chi connectivity index (χ4v) is 9.07. The molecule has 0 saturated heterocycles. The second-order valence-corrected chi connectivity index (χ2v) is 13.4. The van der Waals surface area contributed by atoms with Crippen LogP contribution in [0.5, 0.6) is 5.75 Å². The zero-order valence-electron chi connectivity index (χ0n) is 15.2. The van der Waals surface area contributed by atoms with Crippen molar-refractivity contribution >= 4 is 50.6 Å². The van der Waals surface area contributed by atoms with Crippen LogP contribution in [-0.2, 0) is 0 Å². The Labute approximate surface area is 173 Å². The van der Waals surface area contributed by atoms with Gasteiger partial charge in [-0.1, -0.05) is 113 Å². The van der Waals surface area contributed by atoms with Gasteiger partial charge >= 0.3 is 8.32 Å². The van der Waals surface area contributed by atoms with Crippen molar-refractivity contribution in [2.45, 2.75) is 25.8 Å². The minimum absolute atomic E-state index is 0.0511. The minimum atomic E-state index is -2.58. The second-order valence-electron chi connectivity index (χ2n) is 7.37. The van der Waals surface area contributed by atoms with E-state index >= 15 is 0 Å². The maximum absolute atomic E-state index is 6.98. The van der Waals surface area contributed by atoms with Crippen LogP contribution in [0.2, 0.25) is 5.04 Å². The quantitative estimate of drug-likeness (QED) is 0.399. The average molecular weight is 490 g/mol. The van der Waals surface area contributed by atoms with Gasteiger partial charge in [-0.05, 0) is 33.6 Å². The predicted molar refractivity (Wildman–Crippen MR) is 120 cm³/mol. The summed E-state index contributed by atoms with van der Waals surface area (Å²) in [6.45, 7) is 6.85. The van der Waals surface area contributed by atoms with Gasteiger partial charge in [-0.2, -0.15) is 0 Å². The van der Waals surface area contributed by atoms with Crippen LogP contribution in [0.4, 0.5) is 0 Å². The molecule has 0 amide bonds. The first-order valence-corrected chi connectivity index (χ1v) is 12.1. The van der Waals surface area contributed by atoms with Crippen molar-refractivity contribution in [1.82, 2.24) is 0 Å². The first-order chi connectivity index (χ1) is 12.3. The number of benzene rings is 3. The van der Waals surface area contributed by atoms with Crippen LogP contribution in [-0.4, -0.2) is 8.32 Å². The summed E-state index contributed by atoms with van der Waals surface area (Å²) in [6.07, 6.45) is 0. The average Bonchev–Trinajstić information content (AvgIpc) is 2.59. The van der Waals surface area contributed by atoms with Gasteiger partial charge in [-0.15, -0.1) is 0 Å². The lowest BCUT2D eigenvalue weighted by Gasteiger charge is -2.43. The van der Waals surface area contributed by atoms with Crippen molar-refractivity contribution in [3.63, 3.8) is 0 Å². The molecular formula is C22H22Br2OSi. The van der Waals surface area contributed by atoms with Crippen LogP contribution in [0.25, 0.3) is 0 Å². The van der Waals surface area contributed by atoms with Gasteiger partial charge in [-0.25, -0.2) is 0 Å². The third-order valence-corrected chi connectivity index (χ3v) is 10.4. The Balaban J connectivity index is 2.27. The Morgan fingerprint density at radius 3 is 1.50 bits per heavy atom. The molecule has 3 aromatic rings. The number of hydrogen-bond acceptors (Lipinski definition) is 1. The standard InChI is InChI=1S/C22H22Br2OSi/c1-22(2,3)26(20-10-6-4-7-11-20,21-12-8-5-9-13-21)25-19-15-17(23)14-18(24)16-19/h4-16H,1-3H3. The van der Waals surface area contributed by atoms with Crippen LogP contribution < -0.4 is 14.8 Å². The van der Waals surface area contributed by atoms with Gasteiger partial charge in [0.05, 0.1) is 0 Å². The Morgan fingerprint density at radius 2 is 1.12 bits per heavy atom. The van der Waals surface area contributed by atoms with E-state index in [1.165, 1.54) is 10.4 Å². The summed E-state index contributed by atoms with van der Waals surface area (Å²) in [4.78, 5) is 0. The number of halogens is 2. The SMILES string of the molecule is CC(C)(C)[Si](Oc1cc(Br)cc(Br)c1)(c1ccccc1)c1ccccc1. The van der Waals surface area contributed by atoms with E-state index in [0.717, 1.165) is 14.7 Å². The highest BCUT2D eigenvalue weighted by atomic mass is 79.9. The predicted octanol–water partition coefficient (Wildman–Crippen LogP) is 6.15. The molecule has 0 unspecified atom stereocenters. The summed E-state index contributed by atoms with van der Waals surface area (Å²) in [5, 5.41) is 2.49. The zero-order chi connectivity index (χ0) is 18.8. The topological polar surface area (TPSA) is 9.23 Å². The normalized spacial score (nSPS) is 12.0. The van der Waals surface area contributed by atoms with Crippen molar-refractivity contribution in [2.75, 3.05) is 0 Å². The Morgan fingerprint density at radius 1 is 0.692 bits per heavy atom. The van der Waals surface area contributed by atoms with E-state index in [9.17, 15) is 0 Å². The van der Waals surface area contributed by atoms with E-state index in [4.69, 9.17) is 4.43 Å². The molecule has 0 spiro atoms.